The molecule has 0 spiro atoms. The van der Waals surface area contributed by atoms with E-state index in [4.69, 9.17) is 28.3 Å². The number of aryl methyl sites for hydroxylation is 1. The molecule has 1 amide bonds. The van der Waals surface area contributed by atoms with Crippen molar-refractivity contribution in [2.75, 3.05) is 0 Å². The molecule has 1 heterocycles. The van der Waals surface area contributed by atoms with Crippen molar-refractivity contribution in [1.29, 1.82) is 0 Å². The number of carbonyl (C=O) groups is 2. The van der Waals surface area contributed by atoms with Crippen LogP contribution in [0.3, 0.4) is 0 Å². The molecular weight excluding hydrogens is 470 g/mol. The number of benzene rings is 2. The second-order valence-corrected chi connectivity index (χ2v) is 7.72. The molecule has 0 unspecified atom stereocenters. The third-order valence-electron chi connectivity index (χ3n) is 4.62. The average molecular weight is 486 g/mol. The number of carboxylic acid groups (broad SMARTS) is 1. The number of aromatic carboxylic acids is 1. The first-order valence-corrected chi connectivity index (χ1v) is 9.90. The third-order valence-corrected chi connectivity index (χ3v) is 5.36. The van der Waals surface area contributed by atoms with Gasteiger partial charge in [0.15, 0.2) is 5.69 Å². The summed E-state index contributed by atoms with van der Waals surface area (Å²) < 4.78 is 41.7. The number of carbonyl (C=O) groups excluding carboxylic acids is 1. The predicted molar refractivity (Wildman–Crippen MR) is 112 cm³/mol. The van der Waals surface area contributed by atoms with E-state index < -0.39 is 29.3 Å². The SMILES string of the molecule is Cn1nc(Cc2ccc(Cl)c(Cl)c2)c(C(=O)NCc2ccc(C(=O)O)cc2)c1C(F)(F)F. The minimum atomic E-state index is -4.81. The second-order valence-electron chi connectivity index (χ2n) is 6.90. The zero-order valence-corrected chi connectivity index (χ0v) is 18.0. The fourth-order valence-corrected chi connectivity index (χ4v) is 3.47. The molecule has 2 N–H and O–H groups in total. The van der Waals surface area contributed by atoms with Crippen LogP contribution in [0, 0.1) is 0 Å². The quantitative estimate of drug-likeness (QED) is 0.516. The lowest BCUT2D eigenvalue weighted by Gasteiger charge is -2.11. The molecule has 168 valence electrons. The van der Waals surface area contributed by atoms with Crippen molar-refractivity contribution in [3.8, 4) is 0 Å². The van der Waals surface area contributed by atoms with Crippen molar-refractivity contribution in [1.82, 2.24) is 15.1 Å². The molecule has 0 fully saturated rings. The fraction of sp³-hybridized carbons (Fsp3) is 0.190. The summed E-state index contributed by atoms with van der Waals surface area (Å²) in [6, 6.07) is 10.2. The van der Waals surface area contributed by atoms with Crippen molar-refractivity contribution in [2.24, 2.45) is 7.05 Å². The summed E-state index contributed by atoms with van der Waals surface area (Å²) in [5.41, 5.74) is -0.733. The van der Waals surface area contributed by atoms with Gasteiger partial charge in [0, 0.05) is 20.0 Å². The Kier molecular flexibility index (Phi) is 6.80. The van der Waals surface area contributed by atoms with Crippen molar-refractivity contribution < 1.29 is 27.9 Å². The third kappa shape index (κ3) is 5.23. The van der Waals surface area contributed by atoms with Crippen LogP contribution in [0.15, 0.2) is 42.5 Å². The highest BCUT2D eigenvalue weighted by atomic mass is 35.5. The highest BCUT2D eigenvalue weighted by Gasteiger charge is 2.41. The lowest BCUT2D eigenvalue weighted by Crippen LogP contribution is -2.27. The number of carboxylic acids is 1. The summed E-state index contributed by atoms with van der Waals surface area (Å²) in [6.07, 6.45) is -4.88. The molecule has 0 aliphatic heterocycles. The first kappa shape index (κ1) is 23.6. The minimum Gasteiger partial charge on any atom is -0.478 e. The summed E-state index contributed by atoms with van der Waals surface area (Å²) in [5, 5.41) is 15.8. The van der Waals surface area contributed by atoms with Gasteiger partial charge in [0.1, 0.15) is 0 Å². The smallest absolute Gasteiger partial charge is 0.433 e. The Morgan fingerprint density at radius 3 is 2.25 bits per heavy atom. The van der Waals surface area contributed by atoms with Gasteiger partial charge in [-0.2, -0.15) is 18.3 Å². The Morgan fingerprint density at radius 2 is 1.69 bits per heavy atom. The summed E-state index contributed by atoms with van der Waals surface area (Å²) in [7, 11) is 1.11. The lowest BCUT2D eigenvalue weighted by molar-refractivity contribution is -0.144. The van der Waals surface area contributed by atoms with Gasteiger partial charge in [0.05, 0.1) is 26.9 Å². The highest BCUT2D eigenvalue weighted by Crippen LogP contribution is 2.34. The molecule has 0 saturated carbocycles. The van der Waals surface area contributed by atoms with Crippen LogP contribution in [0.4, 0.5) is 13.2 Å². The topological polar surface area (TPSA) is 84.2 Å². The summed E-state index contributed by atoms with van der Waals surface area (Å²) in [6.45, 7) is -0.100. The highest BCUT2D eigenvalue weighted by molar-refractivity contribution is 6.42. The largest absolute Gasteiger partial charge is 0.478 e. The zero-order valence-electron chi connectivity index (χ0n) is 16.5. The van der Waals surface area contributed by atoms with E-state index in [1.165, 1.54) is 36.4 Å². The molecule has 11 heteroatoms. The van der Waals surface area contributed by atoms with Gasteiger partial charge in [-0.1, -0.05) is 41.4 Å². The van der Waals surface area contributed by atoms with Crippen molar-refractivity contribution in [2.45, 2.75) is 19.1 Å². The van der Waals surface area contributed by atoms with Crippen LogP contribution >= 0.6 is 23.2 Å². The Morgan fingerprint density at radius 1 is 1.06 bits per heavy atom. The number of nitrogens with zero attached hydrogens (tertiary/aromatic N) is 2. The maximum Gasteiger partial charge on any atom is 0.433 e. The Balaban J connectivity index is 1.90. The van der Waals surface area contributed by atoms with E-state index in [0.29, 0.717) is 20.8 Å². The number of alkyl halides is 3. The number of rotatable bonds is 6. The van der Waals surface area contributed by atoms with Crippen LogP contribution in [0.25, 0.3) is 0 Å². The standard InChI is InChI=1S/C21H16Cl2F3N3O3/c1-29-18(21(24,25)26)17(16(28-29)9-12-4-7-14(22)15(23)8-12)19(30)27-10-11-2-5-13(6-3-11)20(31)32/h2-8H,9-10H2,1H3,(H,27,30)(H,31,32). The lowest BCUT2D eigenvalue weighted by atomic mass is 10.0. The first-order chi connectivity index (χ1) is 15.0. The molecule has 3 aromatic rings. The van der Waals surface area contributed by atoms with E-state index in [-0.39, 0.29) is 29.2 Å². The molecule has 1 aromatic heterocycles. The molecule has 0 atom stereocenters. The number of halogens is 5. The van der Waals surface area contributed by atoms with E-state index in [1.807, 2.05) is 0 Å². The molecule has 32 heavy (non-hydrogen) atoms. The Bertz CT molecular complexity index is 1180. The maximum absolute atomic E-state index is 13.7. The van der Waals surface area contributed by atoms with Gasteiger partial charge in [-0.3, -0.25) is 9.48 Å². The monoisotopic (exact) mass is 485 g/mol. The molecule has 2 aromatic carbocycles. The molecule has 6 nitrogen and oxygen atoms in total. The van der Waals surface area contributed by atoms with Crippen LogP contribution in [-0.4, -0.2) is 26.8 Å². The van der Waals surface area contributed by atoms with Crippen LogP contribution < -0.4 is 5.32 Å². The average Bonchev–Trinajstić information content (AvgIpc) is 3.05. The van der Waals surface area contributed by atoms with E-state index in [1.54, 1.807) is 6.07 Å². The fourth-order valence-electron chi connectivity index (χ4n) is 3.15. The Labute approximate surface area is 190 Å². The molecule has 0 saturated heterocycles. The maximum atomic E-state index is 13.7. The van der Waals surface area contributed by atoms with Gasteiger partial charge >= 0.3 is 12.1 Å². The van der Waals surface area contributed by atoms with Crippen LogP contribution in [0.5, 0.6) is 0 Å². The molecule has 0 radical (unpaired) electrons. The Hall–Kier alpha value is -3.04. The molecular formula is C21H16Cl2F3N3O3. The van der Waals surface area contributed by atoms with Gasteiger partial charge in [-0.15, -0.1) is 0 Å². The zero-order chi connectivity index (χ0) is 23.6. The van der Waals surface area contributed by atoms with E-state index in [0.717, 1.165) is 7.05 Å². The van der Waals surface area contributed by atoms with E-state index >= 15 is 0 Å². The van der Waals surface area contributed by atoms with Crippen molar-refractivity contribution >= 4 is 35.1 Å². The minimum absolute atomic E-state index is 0.0515. The van der Waals surface area contributed by atoms with E-state index in [9.17, 15) is 22.8 Å². The van der Waals surface area contributed by atoms with Crippen LogP contribution in [0.1, 0.15) is 43.2 Å². The van der Waals surface area contributed by atoms with Gasteiger partial charge in [0.2, 0.25) is 0 Å². The predicted octanol–water partition coefficient (Wildman–Crippen LogP) is 4.96. The second kappa shape index (κ2) is 9.22. The van der Waals surface area contributed by atoms with Crippen LogP contribution in [-0.2, 0) is 26.2 Å². The van der Waals surface area contributed by atoms with Crippen LogP contribution in [0.2, 0.25) is 10.0 Å². The molecule has 0 aliphatic rings. The first-order valence-electron chi connectivity index (χ1n) is 9.14. The van der Waals surface area contributed by atoms with Gasteiger partial charge in [-0.25, -0.2) is 4.79 Å². The normalized spacial score (nSPS) is 11.4. The van der Waals surface area contributed by atoms with Gasteiger partial charge in [-0.05, 0) is 35.4 Å². The van der Waals surface area contributed by atoms with E-state index in [2.05, 4.69) is 10.4 Å². The molecule has 0 aliphatic carbocycles. The number of aromatic nitrogens is 2. The number of hydrogen-bond donors (Lipinski definition) is 2. The van der Waals surface area contributed by atoms with Gasteiger partial charge < -0.3 is 10.4 Å². The summed E-state index contributed by atoms with van der Waals surface area (Å²) >= 11 is 11.9. The van der Waals surface area contributed by atoms with Gasteiger partial charge in [0.25, 0.3) is 5.91 Å². The number of amides is 1. The number of nitrogens with one attached hydrogen (secondary N) is 1. The van der Waals surface area contributed by atoms with Crippen molar-refractivity contribution in [3.63, 3.8) is 0 Å². The van der Waals surface area contributed by atoms with Crippen molar-refractivity contribution in [3.05, 3.63) is 86.2 Å². The molecule has 3 rings (SSSR count). The summed E-state index contributed by atoms with van der Waals surface area (Å²) in [5.74, 6) is -2.07. The molecule has 0 bridgehead atoms. The summed E-state index contributed by atoms with van der Waals surface area (Å²) in [4.78, 5) is 23.7. The number of hydrogen-bond acceptors (Lipinski definition) is 3.